The average Bonchev–Trinajstić information content (AvgIpc) is 3.01. The second-order valence-electron chi connectivity index (χ2n) is 5.57. The second kappa shape index (κ2) is 8.44. The van der Waals surface area contributed by atoms with Crippen molar-refractivity contribution in [1.82, 2.24) is 4.98 Å². The number of aryl methyl sites for hydroxylation is 1. The lowest BCUT2D eigenvalue weighted by Gasteiger charge is -2.05. The third-order valence-electron chi connectivity index (χ3n) is 3.43. The second-order valence-corrected chi connectivity index (χ2v) is 7.76. The molecule has 4 nitrogen and oxygen atoms in total. The number of nitrogens with one attached hydrogen (secondary N) is 1. The van der Waals surface area contributed by atoms with Crippen LogP contribution in [-0.2, 0) is 17.8 Å². The maximum Gasteiger partial charge on any atom is 0.230 e. The van der Waals surface area contributed by atoms with Crippen molar-refractivity contribution < 1.29 is 9.53 Å². The highest BCUT2D eigenvalue weighted by molar-refractivity contribution is 14.1. The molecule has 0 saturated carbocycles. The summed E-state index contributed by atoms with van der Waals surface area (Å²) in [6.45, 7) is 2.45. The summed E-state index contributed by atoms with van der Waals surface area (Å²) in [7, 11) is 0. The number of rotatable bonds is 6. The number of hydrogen-bond acceptors (Lipinski definition) is 4. The number of ether oxygens (including phenoxy) is 1. The van der Waals surface area contributed by atoms with Crippen LogP contribution in [0.25, 0.3) is 0 Å². The van der Waals surface area contributed by atoms with Gasteiger partial charge in [-0.25, -0.2) is 4.98 Å². The Hall–Kier alpha value is -1.93. The topological polar surface area (TPSA) is 51.2 Å². The quantitative estimate of drug-likeness (QED) is 0.533. The van der Waals surface area contributed by atoms with Crippen molar-refractivity contribution in [2.75, 3.05) is 5.32 Å². The molecule has 0 aliphatic heterocycles. The largest absolute Gasteiger partial charge is 0.486 e. The van der Waals surface area contributed by atoms with E-state index in [0.717, 1.165) is 25.7 Å². The Labute approximate surface area is 164 Å². The van der Waals surface area contributed by atoms with Crippen molar-refractivity contribution >= 4 is 45.5 Å². The van der Waals surface area contributed by atoms with E-state index in [0.29, 0.717) is 6.61 Å². The molecule has 2 aromatic carbocycles. The lowest BCUT2D eigenvalue weighted by Crippen LogP contribution is -2.14. The van der Waals surface area contributed by atoms with Crippen LogP contribution in [0.5, 0.6) is 5.75 Å². The molecule has 0 saturated heterocycles. The maximum atomic E-state index is 12.1. The van der Waals surface area contributed by atoms with E-state index < -0.39 is 0 Å². The Bertz CT molecular complexity index is 862. The monoisotopic (exact) mass is 464 g/mol. The van der Waals surface area contributed by atoms with Gasteiger partial charge in [-0.2, -0.15) is 0 Å². The first-order valence-electron chi connectivity index (χ1n) is 7.77. The highest BCUT2D eigenvalue weighted by Gasteiger charge is 2.09. The smallest absolute Gasteiger partial charge is 0.230 e. The number of aromatic nitrogens is 1. The van der Waals surface area contributed by atoms with Crippen LogP contribution in [0.15, 0.2) is 53.9 Å². The maximum absolute atomic E-state index is 12.1. The Kier molecular flexibility index (Phi) is 6.04. The van der Waals surface area contributed by atoms with Crippen LogP contribution >= 0.6 is 33.9 Å². The van der Waals surface area contributed by atoms with Gasteiger partial charge in [0, 0.05) is 14.6 Å². The average molecular weight is 464 g/mol. The number of halogens is 1. The number of amides is 1. The zero-order valence-corrected chi connectivity index (χ0v) is 16.6. The van der Waals surface area contributed by atoms with Crippen molar-refractivity contribution in [3.05, 3.63) is 73.7 Å². The van der Waals surface area contributed by atoms with Gasteiger partial charge in [0.2, 0.25) is 5.91 Å². The third-order valence-corrected chi connectivity index (χ3v) is 4.97. The Morgan fingerprint density at radius 2 is 2.04 bits per heavy atom. The van der Waals surface area contributed by atoms with Crippen molar-refractivity contribution in [3.8, 4) is 5.75 Å². The van der Waals surface area contributed by atoms with Crippen LogP contribution in [0.3, 0.4) is 0 Å². The lowest BCUT2D eigenvalue weighted by atomic mass is 10.2. The molecule has 1 N–H and O–H groups in total. The van der Waals surface area contributed by atoms with Crippen LogP contribution in [0.4, 0.5) is 5.69 Å². The molecular formula is C19H17IN2O2S. The first kappa shape index (κ1) is 17.9. The molecule has 1 aromatic heterocycles. The molecule has 0 fully saturated rings. The van der Waals surface area contributed by atoms with Gasteiger partial charge in [0.25, 0.3) is 0 Å². The summed E-state index contributed by atoms with van der Waals surface area (Å²) >= 11 is 3.72. The first-order valence-corrected chi connectivity index (χ1v) is 9.72. The molecule has 0 radical (unpaired) electrons. The molecule has 1 amide bonds. The minimum Gasteiger partial charge on any atom is -0.486 e. The SMILES string of the molecule is Cc1ccc(OCc2nc(CC(=O)Nc3cccc(I)c3)cs2)cc1. The number of carbonyl (C=O) groups excluding carboxylic acids is 1. The van der Waals surface area contributed by atoms with Gasteiger partial charge in [0.1, 0.15) is 17.4 Å². The summed E-state index contributed by atoms with van der Waals surface area (Å²) < 4.78 is 6.80. The zero-order chi connectivity index (χ0) is 17.6. The molecule has 3 aromatic rings. The minimum absolute atomic E-state index is 0.0710. The third kappa shape index (κ3) is 5.54. The standard InChI is InChI=1S/C19H17IN2O2S/c1-13-5-7-17(8-6-13)24-11-19-22-16(12-25-19)10-18(23)21-15-4-2-3-14(20)9-15/h2-9,12H,10-11H2,1H3,(H,21,23). The number of thiazole rings is 1. The van der Waals surface area contributed by atoms with E-state index in [2.05, 4.69) is 32.9 Å². The Balaban J connectivity index is 1.52. The minimum atomic E-state index is -0.0710. The fraction of sp³-hybridized carbons (Fsp3) is 0.158. The molecule has 0 spiro atoms. The van der Waals surface area contributed by atoms with E-state index in [4.69, 9.17) is 4.74 Å². The van der Waals surface area contributed by atoms with Gasteiger partial charge in [0.05, 0.1) is 12.1 Å². The summed E-state index contributed by atoms with van der Waals surface area (Å²) in [5.74, 6) is 0.747. The highest BCUT2D eigenvalue weighted by Crippen LogP contribution is 2.17. The predicted molar refractivity (Wildman–Crippen MR) is 109 cm³/mol. The van der Waals surface area contributed by atoms with Crippen molar-refractivity contribution in [1.29, 1.82) is 0 Å². The normalized spacial score (nSPS) is 10.5. The van der Waals surface area contributed by atoms with Gasteiger partial charge in [-0.15, -0.1) is 11.3 Å². The number of hydrogen-bond donors (Lipinski definition) is 1. The van der Waals surface area contributed by atoms with Gasteiger partial charge in [-0.1, -0.05) is 23.8 Å². The van der Waals surface area contributed by atoms with Crippen molar-refractivity contribution in [2.24, 2.45) is 0 Å². The van der Waals surface area contributed by atoms with Gasteiger partial charge in [-0.05, 0) is 59.8 Å². The fourth-order valence-electron chi connectivity index (χ4n) is 2.21. The number of benzene rings is 2. The lowest BCUT2D eigenvalue weighted by molar-refractivity contribution is -0.115. The summed E-state index contributed by atoms with van der Waals surface area (Å²) in [6.07, 6.45) is 0.256. The summed E-state index contributed by atoms with van der Waals surface area (Å²) in [5.41, 5.74) is 2.76. The number of carbonyl (C=O) groups is 1. The molecule has 0 atom stereocenters. The predicted octanol–water partition coefficient (Wildman–Crippen LogP) is 4.82. The van der Waals surface area contributed by atoms with Crippen LogP contribution in [0.2, 0.25) is 0 Å². The molecule has 1 heterocycles. The zero-order valence-electron chi connectivity index (χ0n) is 13.7. The number of nitrogens with zero attached hydrogens (tertiary/aromatic N) is 1. The van der Waals surface area contributed by atoms with Crippen molar-refractivity contribution in [2.45, 2.75) is 20.0 Å². The Morgan fingerprint density at radius 3 is 2.80 bits per heavy atom. The van der Waals surface area contributed by atoms with Gasteiger partial charge >= 0.3 is 0 Å². The highest BCUT2D eigenvalue weighted by atomic mass is 127. The van der Waals surface area contributed by atoms with E-state index in [1.165, 1.54) is 16.9 Å². The van der Waals surface area contributed by atoms with Crippen LogP contribution in [-0.4, -0.2) is 10.9 Å². The van der Waals surface area contributed by atoms with Gasteiger partial charge in [-0.3, -0.25) is 4.79 Å². The van der Waals surface area contributed by atoms with Crippen LogP contribution < -0.4 is 10.1 Å². The number of anilines is 1. The van der Waals surface area contributed by atoms with Crippen LogP contribution in [0.1, 0.15) is 16.3 Å². The van der Waals surface area contributed by atoms with Gasteiger partial charge in [0.15, 0.2) is 0 Å². The molecule has 0 bridgehead atoms. The Morgan fingerprint density at radius 1 is 1.24 bits per heavy atom. The van der Waals surface area contributed by atoms with E-state index >= 15 is 0 Å². The molecule has 0 unspecified atom stereocenters. The molecular weight excluding hydrogens is 447 g/mol. The van der Waals surface area contributed by atoms with Gasteiger partial charge < -0.3 is 10.1 Å². The fourth-order valence-corrected chi connectivity index (χ4v) is 3.46. The first-order chi connectivity index (χ1) is 12.1. The molecule has 25 heavy (non-hydrogen) atoms. The molecule has 128 valence electrons. The van der Waals surface area contributed by atoms with E-state index in [-0.39, 0.29) is 12.3 Å². The van der Waals surface area contributed by atoms with Crippen LogP contribution in [0, 0.1) is 10.5 Å². The van der Waals surface area contributed by atoms with Crippen molar-refractivity contribution in [3.63, 3.8) is 0 Å². The molecule has 6 heteroatoms. The summed E-state index contributed by atoms with van der Waals surface area (Å²) in [6, 6.07) is 15.6. The molecule has 0 aliphatic carbocycles. The van der Waals surface area contributed by atoms with E-state index in [1.807, 2.05) is 60.8 Å². The molecule has 3 rings (SSSR count). The molecule has 0 aliphatic rings. The van der Waals surface area contributed by atoms with E-state index in [9.17, 15) is 4.79 Å². The summed E-state index contributed by atoms with van der Waals surface area (Å²) in [5, 5.41) is 5.66. The summed E-state index contributed by atoms with van der Waals surface area (Å²) in [4.78, 5) is 16.6. The van der Waals surface area contributed by atoms with E-state index in [1.54, 1.807) is 0 Å².